The number of carbonyl (C=O) groups excluding carboxylic acids is 1. The van der Waals surface area contributed by atoms with Crippen molar-refractivity contribution in [3.63, 3.8) is 0 Å². The molecule has 8 heteroatoms. The van der Waals surface area contributed by atoms with Crippen molar-refractivity contribution in [3.05, 3.63) is 53.6 Å². The first kappa shape index (κ1) is 21.8. The summed E-state index contributed by atoms with van der Waals surface area (Å²) in [7, 11) is -3.62. The predicted octanol–water partition coefficient (Wildman–Crippen LogP) is 3.09. The highest BCUT2D eigenvalue weighted by atomic mass is 32.2. The first-order valence-electron chi connectivity index (χ1n) is 9.63. The standard InChI is InChI=1S/C21H27N3O3S2/c1-16(25)23-20-14-19(8-9-21(20)28-2)29(26,27)22-11-5-12-24-13-10-17-6-3-4-7-18(17)15-24/h3-4,6-9,14,22H,5,10-13,15H2,1-2H3,(H,23,25). The molecule has 0 fully saturated rings. The van der Waals surface area contributed by atoms with Gasteiger partial charge in [-0.05, 0) is 55.0 Å². The van der Waals surface area contributed by atoms with E-state index in [1.54, 1.807) is 12.1 Å². The fourth-order valence-corrected chi connectivity index (χ4v) is 5.11. The van der Waals surface area contributed by atoms with Gasteiger partial charge >= 0.3 is 0 Å². The topological polar surface area (TPSA) is 78.5 Å². The number of carbonyl (C=O) groups is 1. The third-order valence-electron chi connectivity index (χ3n) is 4.94. The lowest BCUT2D eigenvalue weighted by Crippen LogP contribution is -2.33. The van der Waals surface area contributed by atoms with Gasteiger partial charge in [0.05, 0.1) is 10.6 Å². The van der Waals surface area contributed by atoms with Crippen LogP contribution in [0.4, 0.5) is 5.69 Å². The van der Waals surface area contributed by atoms with Gasteiger partial charge in [-0.15, -0.1) is 11.8 Å². The largest absolute Gasteiger partial charge is 0.325 e. The van der Waals surface area contributed by atoms with Gasteiger partial charge in [0.15, 0.2) is 0 Å². The smallest absolute Gasteiger partial charge is 0.240 e. The highest BCUT2D eigenvalue weighted by Gasteiger charge is 2.18. The number of rotatable bonds is 8. The molecule has 0 aromatic heterocycles. The lowest BCUT2D eigenvalue weighted by atomic mass is 10.00. The van der Waals surface area contributed by atoms with Crippen LogP contribution < -0.4 is 10.0 Å². The Bertz CT molecular complexity index is 977. The van der Waals surface area contributed by atoms with E-state index in [1.807, 2.05) is 6.26 Å². The second-order valence-electron chi connectivity index (χ2n) is 7.09. The van der Waals surface area contributed by atoms with E-state index in [0.717, 1.165) is 37.4 Å². The Hall–Kier alpha value is -1.87. The normalized spacial score (nSPS) is 14.4. The zero-order valence-corrected chi connectivity index (χ0v) is 18.4. The molecule has 2 N–H and O–H groups in total. The summed E-state index contributed by atoms with van der Waals surface area (Å²) < 4.78 is 28.0. The van der Waals surface area contributed by atoms with Crippen LogP contribution in [0.15, 0.2) is 52.3 Å². The molecule has 0 saturated carbocycles. The van der Waals surface area contributed by atoms with Crippen LogP contribution in [-0.2, 0) is 27.8 Å². The minimum Gasteiger partial charge on any atom is -0.325 e. The Morgan fingerprint density at radius 1 is 1.17 bits per heavy atom. The molecule has 0 saturated heterocycles. The maximum absolute atomic E-state index is 12.6. The summed E-state index contributed by atoms with van der Waals surface area (Å²) in [6.07, 6.45) is 3.66. The fourth-order valence-electron chi connectivity index (χ4n) is 3.48. The fraction of sp³-hybridized carbons (Fsp3) is 0.381. The maximum atomic E-state index is 12.6. The Balaban J connectivity index is 1.54. The molecule has 0 radical (unpaired) electrons. The highest BCUT2D eigenvalue weighted by molar-refractivity contribution is 7.98. The van der Waals surface area contributed by atoms with Crippen molar-refractivity contribution in [1.82, 2.24) is 9.62 Å². The summed E-state index contributed by atoms with van der Waals surface area (Å²) in [4.78, 5) is 14.7. The van der Waals surface area contributed by atoms with E-state index in [-0.39, 0.29) is 10.8 Å². The Labute approximate surface area is 177 Å². The van der Waals surface area contributed by atoms with Gasteiger partial charge in [-0.25, -0.2) is 13.1 Å². The number of amides is 1. The summed E-state index contributed by atoms with van der Waals surface area (Å²) >= 11 is 1.45. The van der Waals surface area contributed by atoms with Crippen molar-refractivity contribution >= 4 is 33.4 Å². The average molecular weight is 434 g/mol. The SMILES string of the molecule is CSc1ccc(S(=O)(=O)NCCCN2CCc3ccccc3C2)cc1NC(C)=O. The monoisotopic (exact) mass is 433 g/mol. The molecule has 0 atom stereocenters. The Morgan fingerprint density at radius 3 is 2.66 bits per heavy atom. The minimum absolute atomic E-state index is 0.158. The van der Waals surface area contributed by atoms with E-state index < -0.39 is 10.0 Å². The third-order valence-corrected chi connectivity index (χ3v) is 7.20. The van der Waals surface area contributed by atoms with E-state index in [1.165, 1.54) is 35.9 Å². The number of hydrogen-bond acceptors (Lipinski definition) is 5. The number of benzene rings is 2. The second kappa shape index (κ2) is 9.75. The minimum atomic E-state index is -3.62. The molecular weight excluding hydrogens is 406 g/mol. The Kier molecular flexibility index (Phi) is 7.34. The van der Waals surface area contributed by atoms with Crippen LogP contribution in [0, 0.1) is 0 Å². The molecular formula is C21H27N3O3S2. The summed E-state index contributed by atoms with van der Waals surface area (Å²) in [5.41, 5.74) is 3.28. The lowest BCUT2D eigenvalue weighted by Gasteiger charge is -2.28. The maximum Gasteiger partial charge on any atom is 0.240 e. The third kappa shape index (κ3) is 5.82. The molecule has 2 aromatic carbocycles. The van der Waals surface area contributed by atoms with Crippen molar-refractivity contribution in [2.75, 3.05) is 31.2 Å². The highest BCUT2D eigenvalue weighted by Crippen LogP contribution is 2.28. The molecule has 1 heterocycles. The molecule has 2 aromatic rings. The van der Waals surface area contributed by atoms with E-state index in [0.29, 0.717) is 12.2 Å². The first-order chi connectivity index (χ1) is 13.9. The molecule has 1 amide bonds. The van der Waals surface area contributed by atoms with Gasteiger partial charge in [-0.2, -0.15) is 0 Å². The Morgan fingerprint density at radius 2 is 1.93 bits per heavy atom. The zero-order chi connectivity index (χ0) is 20.9. The van der Waals surface area contributed by atoms with Gasteiger partial charge in [-0.3, -0.25) is 9.69 Å². The van der Waals surface area contributed by atoms with Crippen LogP contribution in [0.25, 0.3) is 0 Å². The van der Waals surface area contributed by atoms with Crippen LogP contribution in [0.1, 0.15) is 24.5 Å². The molecule has 29 heavy (non-hydrogen) atoms. The summed E-state index contributed by atoms with van der Waals surface area (Å²) in [6, 6.07) is 13.3. The molecule has 0 unspecified atom stereocenters. The van der Waals surface area contributed by atoms with Crippen LogP contribution in [-0.4, -0.2) is 45.1 Å². The molecule has 0 spiro atoms. The van der Waals surface area contributed by atoms with Gasteiger partial charge in [-0.1, -0.05) is 24.3 Å². The summed E-state index contributed by atoms with van der Waals surface area (Å²) in [5.74, 6) is -0.231. The quantitative estimate of drug-likeness (QED) is 0.494. The number of hydrogen-bond donors (Lipinski definition) is 2. The lowest BCUT2D eigenvalue weighted by molar-refractivity contribution is -0.114. The molecule has 1 aliphatic heterocycles. The number of nitrogens with zero attached hydrogens (tertiary/aromatic N) is 1. The summed E-state index contributed by atoms with van der Waals surface area (Å²) in [6.45, 7) is 4.54. The van der Waals surface area contributed by atoms with E-state index in [4.69, 9.17) is 0 Å². The van der Waals surface area contributed by atoms with Gasteiger partial charge in [0.1, 0.15) is 0 Å². The molecule has 156 valence electrons. The van der Waals surface area contributed by atoms with E-state index in [2.05, 4.69) is 39.2 Å². The zero-order valence-electron chi connectivity index (χ0n) is 16.8. The van der Waals surface area contributed by atoms with Gasteiger partial charge in [0.25, 0.3) is 0 Å². The van der Waals surface area contributed by atoms with Crippen LogP contribution in [0.3, 0.4) is 0 Å². The molecule has 0 aliphatic carbocycles. The first-order valence-corrected chi connectivity index (χ1v) is 12.3. The van der Waals surface area contributed by atoms with Crippen molar-refractivity contribution < 1.29 is 13.2 Å². The van der Waals surface area contributed by atoms with Gasteiger partial charge in [0.2, 0.25) is 15.9 Å². The van der Waals surface area contributed by atoms with Crippen molar-refractivity contribution in [2.24, 2.45) is 0 Å². The van der Waals surface area contributed by atoms with E-state index >= 15 is 0 Å². The van der Waals surface area contributed by atoms with Crippen molar-refractivity contribution in [3.8, 4) is 0 Å². The second-order valence-corrected chi connectivity index (χ2v) is 9.70. The van der Waals surface area contributed by atoms with Crippen molar-refractivity contribution in [1.29, 1.82) is 0 Å². The molecule has 1 aliphatic rings. The van der Waals surface area contributed by atoms with E-state index in [9.17, 15) is 13.2 Å². The molecule has 3 rings (SSSR count). The van der Waals surface area contributed by atoms with Crippen LogP contribution in [0.2, 0.25) is 0 Å². The number of thioether (sulfide) groups is 1. The average Bonchev–Trinajstić information content (AvgIpc) is 2.70. The molecule has 0 bridgehead atoms. The number of fused-ring (bicyclic) bond motifs is 1. The van der Waals surface area contributed by atoms with Crippen molar-refractivity contribution in [2.45, 2.75) is 36.1 Å². The van der Waals surface area contributed by atoms with Crippen LogP contribution in [0.5, 0.6) is 0 Å². The number of nitrogens with one attached hydrogen (secondary N) is 2. The summed E-state index contributed by atoms with van der Waals surface area (Å²) in [5, 5.41) is 2.70. The predicted molar refractivity (Wildman–Crippen MR) is 118 cm³/mol. The van der Waals surface area contributed by atoms with Gasteiger partial charge in [0, 0.05) is 31.5 Å². The number of sulfonamides is 1. The number of anilines is 1. The van der Waals surface area contributed by atoms with Crippen LogP contribution >= 0.6 is 11.8 Å². The molecule has 6 nitrogen and oxygen atoms in total. The van der Waals surface area contributed by atoms with Gasteiger partial charge < -0.3 is 5.32 Å².